The molecule has 1 unspecified atom stereocenters. The second-order valence-corrected chi connectivity index (χ2v) is 5.52. The molecule has 2 rings (SSSR count). The van der Waals surface area contributed by atoms with Crippen molar-refractivity contribution in [1.29, 1.82) is 0 Å². The highest BCUT2D eigenvalue weighted by Crippen LogP contribution is 2.29. The van der Waals surface area contributed by atoms with Crippen molar-refractivity contribution in [2.45, 2.75) is 18.8 Å². The van der Waals surface area contributed by atoms with E-state index in [4.69, 9.17) is 14.2 Å². The highest BCUT2D eigenvalue weighted by molar-refractivity contribution is 5.69. The highest BCUT2D eigenvalue weighted by atomic mass is 16.5. The molecule has 1 heterocycles. The minimum Gasteiger partial charge on any atom is -0.481 e. The fourth-order valence-corrected chi connectivity index (χ4v) is 2.29. The minimum atomic E-state index is -0.908. The first-order chi connectivity index (χ1) is 11.5. The first-order valence-electron chi connectivity index (χ1n) is 7.34. The zero-order valence-corrected chi connectivity index (χ0v) is 13.9. The average molecular weight is 332 g/mol. The predicted octanol–water partition coefficient (Wildman–Crippen LogP) is 2.31. The third-order valence-corrected chi connectivity index (χ3v) is 3.61. The third-order valence-electron chi connectivity index (χ3n) is 3.61. The van der Waals surface area contributed by atoms with Gasteiger partial charge in [-0.25, -0.2) is 0 Å². The molecule has 2 aromatic rings. The Morgan fingerprint density at radius 2 is 1.71 bits per heavy atom. The Hall–Kier alpha value is -2.83. The Morgan fingerprint density at radius 1 is 1.12 bits per heavy atom. The van der Waals surface area contributed by atoms with E-state index >= 15 is 0 Å². The zero-order valence-electron chi connectivity index (χ0n) is 13.9. The summed E-state index contributed by atoms with van der Waals surface area (Å²) in [4.78, 5) is 19.5. The number of carboxylic acids is 1. The van der Waals surface area contributed by atoms with Crippen molar-refractivity contribution in [2.24, 2.45) is 0 Å². The van der Waals surface area contributed by atoms with Crippen molar-refractivity contribution in [2.75, 3.05) is 20.8 Å². The normalized spacial score (nSPS) is 13.0. The molecule has 1 aromatic carbocycles. The molecule has 1 aromatic heterocycles. The largest absolute Gasteiger partial charge is 0.481 e. The fourth-order valence-electron chi connectivity index (χ4n) is 2.29. The number of methoxy groups -OCH3 is 2. The fraction of sp³-hybridized carbons (Fsp3) is 0.353. The molecule has 7 heteroatoms. The molecule has 0 saturated heterocycles. The van der Waals surface area contributed by atoms with Crippen molar-refractivity contribution in [3.05, 3.63) is 42.0 Å². The van der Waals surface area contributed by atoms with E-state index in [0.717, 1.165) is 5.56 Å². The van der Waals surface area contributed by atoms with Crippen molar-refractivity contribution in [3.63, 3.8) is 0 Å². The van der Waals surface area contributed by atoms with Crippen LogP contribution in [0.2, 0.25) is 0 Å². The summed E-state index contributed by atoms with van der Waals surface area (Å²) >= 11 is 0. The first-order valence-corrected chi connectivity index (χ1v) is 7.34. The van der Waals surface area contributed by atoms with Gasteiger partial charge in [-0.1, -0.05) is 37.3 Å². The molecular formula is C17H20N2O5. The standard InChI is InChI=1S/C17H20N2O5/c1-17(10-15(20)21,12-7-5-4-6-8-12)11-24-16-18-13(22-2)9-14(19-16)23-3/h4-9H,10-11H2,1-3H3,(H,20,21). The number of nitrogens with zero attached hydrogens (tertiary/aromatic N) is 2. The van der Waals surface area contributed by atoms with Crippen LogP contribution in [0.3, 0.4) is 0 Å². The van der Waals surface area contributed by atoms with Gasteiger partial charge in [0.05, 0.1) is 26.7 Å². The summed E-state index contributed by atoms with van der Waals surface area (Å²) in [6, 6.07) is 10.9. The van der Waals surface area contributed by atoms with E-state index in [0.29, 0.717) is 11.8 Å². The van der Waals surface area contributed by atoms with Gasteiger partial charge in [-0.15, -0.1) is 0 Å². The van der Waals surface area contributed by atoms with Crippen LogP contribution in [-0.4, -0.2) is 41.9 Å². The lowest BCUT2D eigenvalue weighted by molar-refractivity contribution is -0.138. The molecule has 0 aliphatic rings. The van der Waals surface area contributed by atoms with Crippen LogP contribution >= 0.6 is 0 Å². The van der Waals surface area contributed by atoms with Crippen molar-refractivity contribution in [1.82, 2.24) is 9.97 Å². The van der Waals surface area contributed by atoms with Gasteiger partial charge in [0.2, 0.25) is 11.8 Å². The van der Waals surface area contributed by atoms with Gasteiger partial charge in [-0.3, -0.25) is 4.79 Å². The molecule has 1 N–H and O–H groups in total. The van der Waals surface area contributed by atoms with Crippen LogP contribution in [0.25, 0.3) is 0 Å². The lowest BCUT2D eigenvalue weighted by atomic mass is 9.80. The van der Waals surface area contributed by atoms with E-state index in [1.807, 2.05) is 37.3 Å². The second-order valence-electron chi connectivity index (χ2n) is 5.52. The molecule has 0 bridgehead atoms. The summed E-state index contributed by atoms with van der Waals surface area (Å²) in [5.74, 6) is -0.304. The van der Waals surface area contributed by atoms with Crippen LogP contribution in [0.5, 0.6) is 17.8 Å². The second kappa shape index (κ2) is 7.63. The summed E-state index contributed by atoms with van der Waals surface area (Å²) in [7, 11) is 2.95. The Bertz CT molecular complexity index is 670. The van der Waals surface area contributed by atoms with Crippen LogP contribution in [0.4, 0.5) is 0 Å². The summed E-state index contributed by atoms with van der Waals surface area (Å²) in [5, 5.41) is 9.25. The summed E-state index contributed by atoms with van der Waals surface area (Å²) in [5.41, 5.74) is 0.134. The van der Waals surface area contributed by atoms with Gasteiger partial charge in [-0.05, 0) is 5.56 Å². The summed E-state index contributed by atoms with van der Waals surface area (Å²) in [6.45, 7) is 1.92. The Morgan fingerprint density at radius 3 is 2.21 bits per heavy atom. The quantitative estimate of drug-likeness (QED) is 0.793. The van der Waals surface area contributed by atoms with Gasteiger partial charge in [0, 0.05) is 5.41 Å². The van der Waals surface area contributed by atoms with Gasteiger partial charge >= 0.3 is 12.0 Å². The number of ether oxygens (including phenoxy) is 3. The van der Waals surface area contributed by atoms with Crippen LogP contribution in [0.15, 0.2) is 36.4 Å². The molecule has 128 valence electrons. The number of hydrogen-bond donors (Lipinski definition) is 1. The SMILES string of the molecule is COc1cc(OC)nc(OCC(C)(CC(=O)O)c2ccccc2)n1. The number of aromatic nitrogens is 2. The van der Waals surface area contributed by atoms with Gasteiger partial charge in [0.15, 0.2) is 0 Å². The Balaban J connectivity index is 2.24. The summed E-state index contributed by atoms with van der Waals surface area (Å²) in [6.07, 6.45) is -0.0852. The molecule has 0 spiro atoms. The average Bonchev–Trinajstić information content (AvgIpc) is 2.60. The minimum absolute atomic E-state index is 0.0683. The molecule has 0 radical (unpaired) electrons. The molecular weight excluding hydrogens is 312 g/mol. The molecule has 1 atom stereocenters. The van der Waals surface area contributed by atoms with Gasteiger partial charge < -0.3 is 19.3 Å². The predicted molar refractivity (Wildman–Crippen MR) is 86.7 cm³/mol. The lowest BCUT2D eigenvalue weighted by Crippen LogP contribution is -2.33. The Labute approximate surface area is 140 Å². The zero-order chi connectivity index (χ0) is 17.6. The number of carboxylic acid groups (broad SMARTS) is 1. The maximum Gasteiger partial charge on any atom is 0.323 e. The first kappa shape index (κ1) is 17.5. The molecule has 24 heavy (non-hydrogen) atoms. The summed E-state index contributed by atoms with van der Waals surface area (Å²) < 4.78 is 15.8. The van der Waals surface area contributed by atoms with Crippen LogP contribution < -0.4 is 14.2 Å². The van der Waals surface area contributed by atoms with E-state index in [1.54, 1.807) is 0 Å². The van der Waals surface area contributed by atoms with E-state index in [2.05, 4.69) is 9.97 Å². The van der Waals surface area contributed by atoms with Crippen molar-refractivity contribution < 1.29 is 24.1 Å². The number of hydrogen-bond acceptors (Lipinski definition) is 6. The highest BCUT2D eigenvalue weighted by Gasteiger charge is 2.31. The lowest BCUT2D eigenvalue weighted by Gasteiger charge is -2.28. The number of rotatable bonds is 8. The Kier molecular flexibility index (Phi) is 5.57. The number of aliphatic carboxylic acids is 1. The van der Waals surface area contributed by atoms with Crippen LogP contribution in [0, 0.1) is 0 Å². The van der Waals surface area contributed by atoms with Gasteiger partial charge in [-0.2, -0.15) is 9.97 Å². The monoisotopic (exact) mass is 332 g/mol. The van der Waals surface area contributed by atoms with E-state index in [9.17, 15) is 9.90 Å². The number of benzene rings is 1. The number of carbonyl (C=O) groups is 1. The van der Waals surface area contributed by atoms with Crippen LogP contribution in [-0.2, 0) is 10.2 Å². The maximum atomic E-state index is 11.3. The van der Waals surface area contributed by atoms with Gasteiger partial charge in [0.25, 0.3) is 0 Å². The van der Waals surface area contributed by atoms with E-state index in [1.165, 1.54) is 20.3 Å². The molecule has 0 amide bonds. The van der Waals surface area contributed by atoms with Gasteiger partial charge in [0.1, 0.15) is 6.61 Å². The molecule has 0 aliphatic carbocycles. The van der Waals surface area contributed by atoms with E-state index < -0.39 is 11.4 Å². The smallest absolute Gasteiger partial charge is 0.323 e. The van der Waals surface area contributed by atoms with Crippen LogP contribution in [0.1, 0.15) is 18.9 Å². The topological polar surface area (TPSA) is 90.8 Å². The van der Waals surface area contributed by atoms with Crippen molar-refractivity contribution in [3.8, 4) is 17.8 Å². The molecule has 0 fully saturated rings. The molecule has 0 saturated carbocycles. The van der Waals surface area contributed by atoms with Crippen molar-refractivity contribution >= 4 is 5.97 Å². The van der Waals surface area contributed by atoms with E-state index in [-0.39, 0.29) is 19.0 Å². The molecule has 7 nitrogen and oxygen atoms in total. The third kappa shape index (κ3) is 4.34. The maximum absolute atomic E-state index is 11.3. The molecule has 0 aliphatic heterocycles.